The summed E-state index contributed by atoms with van der Waals surface area (Å²) in [6, 6.07) is 8.20. The van der Waals surface area contributed by atoms with E-state index in [2.05, 4.69) is 11.2 Å². The third kappa shape index (κ3) is 2.82. The van der Waals surface area contributed by atoms with Gasteiger partial charge in [0.05, 0.1) is 11.8 Å². The standard InChI is InChI=1S/C13H11ClNO3S/c14-10-3-4-11(9(5-10)7-19(16)17)12-6-13(18-15-12)8-1-2-8/h3-5,8,19H,1-2,7H2. The molecule has 0 N–H and O–H groups in total. The summed E-state index contributed by atoms with van der Waals surface area (Å²) in [6.07, 6.45) is 2.20. The molecule has 0 spiro atoms. The number of aromatic nitrogens is 1. The average molecular weight is 297 g/mol. The summed E-state index contributed by atoms with van der Waals surface area (Å²) in [4.78, 5) is 0. The Morgan fingerprint density at radius 2 is 2.21 bits per heavy atom. The minimum absolute atomic E-state index is 0.0648. The van der Waals surface area contributed by atoms with Gasteiger partial charge in [0, 0.05) is 16.5 Å². The number of hydrogen-bond donors (Lipinski definition) is 1. The van der Waals surface area contributed by atoms with Gasteiger partial charge >= 0.3 is 0 Å². The van der Waals surface area contributed by atoms with Gasteiger partial charge in [-0.25, -0.2) is 8.42 Å². The van der Waals surface area contributed by atoms with Gasteiger partial charge in [-0.1, -0.05) is 22.8 Å². The van der Waals surface area contributed by atoms with E-state index in [-0.39, 0.29) is 5.75 Å². The highest BCUT2D eigenvalue weighted by atomic mass is 35.5. The van der Waals surface area contributed by atoms with E-state index < -0.39 is 10.7 Å². The van der Waals surface area contributed by atoms with Gasteiger partial charge in [-0.05, 0) is 30.5 Å². The van der Waals surface area contributed by atoms with Crippen molar-refractivity contribution in [1.29, 1.82) is 0 Å². The maximum atomic E-state index is 10.9. The van der Waals surface area contributed by atoms with Crippen molar-refractivity contribution in [3.05, 3.63) is 40.6 Å². The van der Waals surface area contributed by atoms with Crippen LogP contribution >= 0.6 is 11.6 Å². The molecule has 0 aliphatic heterocycles. The molecule has 1 radical (unpaired) electrons. The molecule has 1 aromatic carbocycles. The van der Waals surface area contributed by atoms with E-state index in [1.54, 1.807) is 18.2 Å². The van der Waals surface area contributed by atoms with Crippen molar-refractivity contribution >= 4 is 22.3 Å². The van der Waals surface area contributed by atoms with Gasteiger partial charge in [-0.15, -0.1) is 0 Å². The zero-order chi connectivity index (χ0) is 13.4. The molecule has 19 heavy (non-hydrogen) atoms. The smallest absolute Gasteiger partial charge is 0.148 e. The molecular weight excluding hydrogens is 286 g/mol. The maximum absolute atomic E-state index is 10.9. The van der Waals surface area contributed by atoms with Crippen molar-refractivity contribution in [3.8, 4) is 11.3 Å². The van der Waals surface area contributed by atoms with Crippen LogP contribution in [0.1, 0.15) is 30.1 Å². The van der Waals surface area contributed by atoms with Crippen LogP contribution in [0.15, 0.2) is 22.7 Å². The van der Waals surface area contributed by atoms with E-state index in [1.165, 1.54) is 0 Å². The first-order valence-electron chi connectivity index (χ1n) is 5.93. The Morgan fingerprint density at radius 1 is 1.42 bits per heavy atom. The van der Waals surface area contributed by atoms with Gasteiger partial charge < -0.3 is 4.52 Å². The molecule has 3 rings (SSSR count). The van der Waals surface area contributed by atoms with Crippen LogP contribution in [0.3, 0.4) is 0 Å². The molecule has 6 heteroatoms. The predicted molar refractivity (Wildman–Crippen MR) is 71.8 cm³/mol. The lowest BCUT2D eigenvalue weighted by atomic mass is 10.1. The minimum atomic E-state index is -2.52. The van der Waals surface area contributed by atoms with Crippen molar-refractivity contribution in [1.82, 2.24) is 5.16 Å². The molecule has 1 aromatic heterocycles. The first-order chi connectivity index (χ1) is 9.13. The highest BCUT2D eigenvalue weighted by Crippen LogP contribution is 2.41. The Kier molecular flexibility index (Phi) is 3.33. The zero-order valence-electron chi connectivity index (χ0n) is 9.93. The molecule has 1 aliphatic rings. The zero-order valence-corrected chi connectivity index (χ0v) is 11.6. The van der Waals surface area contributed by atoms with E-state index in [0.717, 1.165) is 18.6 Å². The number of benzene rings is 1. The summed E-state index contributed by atoms with van der Waals surface area (Å²) >= 11 is 5.90. The Morgan fingerprint density at radius 3 is 2.89 bits per heavy atom. The number of rotatable bonds is 4. The molecule has 0 saturated heterocycles. The van der Waals surface area contributed by atoms with E-state index >= 15 is 0 Å². The van der Waals surface area contributed by atoms with Gasteiger partial charge in [0.15, 0.2) is 0 Å². The summed E-state index contributed by atoms with van der Waals surface area (Å²) < 4.78 is 27.1. The van der Waals surface area contributed by atoms with E-state index in [0.29, 0.717) is 27.8 Å². The van der Waals surface area contributed by atoms with Crippen molar-refractivity contribution in [2.75, 3.05) is 0 Å². The molecule has 99 valence electrons. The fraction of sp³-hybridized carbons (Fsp3) is 0.308. The second kappa shape index (κ2) is 4.98. The van der Waals surface area contributed by atoms with Crippen molar-refractivity contribution < 1.29 is 12.9 Å². The van der Waals surface area contributed by atoms with Gasteiger partial charge in [0.2, 0.25) is 0 Å². The van der Waals surface area contributed by atoms with E-state index in [4.69, 9.17) is 16.1 Å². The van der Waals surface area contributed by atoms with Crippen LogP contribution in [0, 0.1) is 6.07 Å². The molecular formula is C13H11ClNO3S. The lowest BCUT2D eigenvalue weighted by Gasteiger charge is -2.03. The third-order valence-corrected chi connectivity index (χ3v) is 3.88. The van der Waals surface area contributed by atoms with Gasteiger partial charge in [0.25, 0.3) is 0 Å². The molecule has 0 amide bonds. The molecule has 4 nitrogen and oxygen atoms in total. The lowest BCUT2D eigenvalue weighted by Crippen LogP contribution is -1.92. The van der Waals surface area contributed by atoms with E-state index in [9.17, 15) is 8.42 Å². The molecule has 1 fully saturated rings. The average Bonchev–Trinajstić information content (AvgIpc) is 3.08. The highest BCUT2D eigenvalue weighted by Gasteiger charge is 2.28. The Labute approximate surface area is 117 Å². The van der Waals surface area contributed by atoms with Crippen molar-refractivity contribution in [2.24, 2.45) is 0 Å². The van der Waals surface area contributed by atoms with Crippen LogP contribution in [0.2, 0.25) is 5.02 Å². The number of nitrogens with zero attached hydrogens (tertiary/aromatic N) is 1. The van der Waals surface area contributed by atoms with Gasteiger partial charge in [0.1, 0.15) is 22.2 Å². The summed E-state index contributed by atoms with van der Waals surface area (Å²) in [5.41, 5.74) is 1.88. The SMILES string of the molecule is O=[SH](=O)Cc1cc(Cl)ccc1-c1[c]c(C2CC2)on1. The van der Waals surface area contributed by atoms with Crippen LogP contribution in [0.4, 0.5) is 0 Å². The van der Waals surface area contributed by atoms with Crippen LogP contribution in [-0.4, -0.2) is 13.6 Å². The molecule has 0 unspecified atom stereocenters. The van der Waals surface area contributed by atoms with Crippen LogP contribution in [0.25, 0.3) is 11.3 Å². The van der Waals surface area contributed by atoms with Gasteiger partial charge in [-0.2, -0.15) is 0 Å². The minimum Gasteiger partial charge on any atom is -0.360 e. The van der Waals surface area contributed by atoms with Crippen molar-refractivity contribution in [2.45, 2.75) is 24.5 Å². The number of thiol groups is 1. The number of hydrogen-bond acceptors (Lipinski definition) is 4. The van der Waals surface area contributed by atoms with Crippen LogP contribution in [0.5, 0.6) is 0 Å². The molecule has 1 heterocycles. The molecule has 1 saturated carbocycles. The second-order valence-electron chi connectivity index (χ2n) is 4.59. The van der Waals surface area contributed by atoms with Gasteiger partial charge in [-0.3, -0.25) is 0 Å². The Hall–Kier alpha value is -1.33. The summed E-state index contributed by atoms with van der Waals surface area (Å²) in [5.74, 6) is 1.11. The summed E-state index contributed by atoms with van der Waals surface area (Å²) in [5, 5.41) is 4.48. The predicted octanol–water partition coefficient (Wildman–Crippen LogP) is 2.78. The number of halogens is 1. The highest BCUT2D eigenvalue weighted by molar-refractivity contribution is 7.71. The summed E-state index contributed by atoms with van der Waals surface area (Å²) in [6.45, 7) is 0. The fourth-order valence-corrected chi connectivity index (χ4v) is 2.69. The second-order valence-corrected chi connectivity index (χ2v) is 6.01. The molecule has 1 aliphatic carbocycles. The molecule has 0 bridgehead atoms. The van der Waals surface area contributed by atoms with Crippen molar-refractivity contribution in [3.63, 3.8) is 0 Å². The van der Waals surface area contributed by atoms with Crippen LogP contribution in [-0.2, 0) is 16.5 Å². The fourth-order valence-electron chi connectivity index (χ4n) is 1.96. The largest absolute Gasteiger partial charge is 0.360 e. The topological polar surface area (TPSA) is 60.2 Å². The lowest BCUT2D eigenvalue weighted by molar-refractivity contribution is 0.386. The van der Waals surface area contributed by atoms with Crippen LogP contribution < -0.4 is 0 Å². The first-order valence-corrected chi connectivity index (χ1v) is 7.67. The summed E-state index contributed by atoms with van der Waals surface area (Å²) in [7, 11) is -2.52. The maximum Gasteiger partial charge on any atom is 0.148 e. The first kappa shape index (κ1) is 12.7. The Bertz CT molecular complexity index is 681. The quantitative estimate of drug-likeness (QED) is 0.881. The molecule has 2 aromatic rings. The third-order valence-electron chi connectivity index (χ3n) is 3.05. The monoisotopic (exact) mass is 296 g/mol. The van der Waals surface area contributed by atoms with E-state index in [1.807, 2.05) is 0 Å². The normalized spacial score (nSPS) is 15.1. The Balaban J connectivity index is 2.01. The molecule has 0 atom stereocenters.